The second-order valence-electron chi connectivity index (χ2n) is 6.57. The first kappa shape index (κ1) is 15.9. The molecule has 118 valence electrons. The zero-order chi connectivity index (χ0) is 15.2. The zero-order valence-electron chi connectivity index (χ0n) is 13.6. The fraction of sp³-hybridized carbons (Fsp3) is 0.706. The van der Waals surface area contributed by atoms with Crippen molar-refractivity contribution in [3.63, 3.8) is 0 Å². The molecule has 0 aromatic carbocycles. The molecule has 1 aliphatic rings. The van der Waals surface area contributed by atoms with Gasteiger partial charge in [0.1, 0.15) is 5.82 Å². The second kappa shape index (κ2) is 7.53. The third kappa shape index (κ3) is 4.80. The summed E-state index contributed by atoms with van der Waals surface area (Å²) in [7, 11) is 0. The zero-order valence-corrected chi connectivity index (χ0v) is 13.6. The van der Waals surface area contributed by atoms with E-state index in [2.05, 4.69) is 31.1 Å². The van der Waals surface area contributed by atoms with Crippen molar-refractivity contribution in [3.05, 3.63) is 12.1 Å². The lowest BCUT2D eigenvalue weighted by Crippen LogP contribution is -2.26. The smallest absolute Gasteiger partial charge is 0.239 e. The van der Waals surface area contributed by atoms with E-state index in [1.165, 1.54) is 32.1 Å². The SMILES string of the molecule is CCC1CCC(Nc2ccc(N)c(OCC(C)C)n2)CC1. The van der Waals surface area contributed by atoms with Gasteiger partial charge >= 0.3 is 0 Å². The van der Waals surface area contributed by atoms with Crippen molar-refractivity contribution in [2.75, 3.05) is 17.7 Å². The summed E-state index contributed by atoms with van der Waals surface area (Å²) < 4.78 is 5.69. The maximum Gasteiger partial charge on any atom is 0.239 e. The van der Waals surface area contributed by atoms with Crippen molar-refractivity contribution in [2.24, 2.45) is 11.8 Å². The van der Waals surface area contributed by atoms with Gasteiger partial charge in [0.2, 0.25) is 5.88 Å². The summed E-state index contributed by atoms with van der Waals surface area (Å²) in [5.74, 6) is 2.80. The Morgan fingerprint density at radius 3 is 2.62 bits per heavy atom. The molecule has 1 aromatic rings. The number of anilines is 2. The maximum atomic E-state index is 5.93. The predicted molar refractivity (Wildman–Crippen MR) is 88.6 cm³/mol. The standard InChI is InChI=1S/C17H29N3O/c1-4-13-5-7-14(8-6-13)19-16-10-9-15(18)17(20-16)21-11-12(2)3/h9-10,12-14H,4-8,11,18H2,1-3H3,(H,19,20). The predicted octanol–water partition coefficient (Wildman–Crippen LogP) is 4.08. The number of hydrogen-bond donors (Lipinski definition) is 2. The largest absolute Gasteiger partial charge is 0.476 e. The van der Waals surface area contributed by atoms with Crippen LogP contribution < -0.4 is 15.8 Å². The molecule has 0 aliphatic heterocycles. The highest BCUT2D eigenvalue weighted by Gasteiger charge is 2.20. The summed E-state index contributed by atoms with van der Waals surface area (Å²) in [5, 5.41) is 3.53. The van der Waals surface area contributed by atoms with E-state index in [1.807, 2.05) is 12.1 Å². The highest BCUT2D eigenvalue weighted by molar-refractivity contribution is 5.53. The van der Waals surface area contributed by atoms with Gasteiger partial charge in [-0.1, -0.05) is 27.2 Å². The van der Waals surface area contributed by atoms with Crippen LogP contribution in [0.4, 0.5) is 11.5 Å². The van der Waals surface area contributed by atoms with E-state index in [-0.39, 0.29) is 0 Å². The van der Waals surface area contributed by atoms with Gasteiger partial charge in [-0.05, 0) is 49.7 Å². The highest BCUT2D eigenvalue weighted by atomic mass is 16.5. The molecular weight excluding hydrogens is 262 g/mol. The molecule has 0 bridgehead atoms. The minimum absolute atomic E-state index is 0.465. The molecule has 1 fully saturated rings. The Morgan fingerprint density at radius 2 is 2.00 bits per heavy atom. The minimum Gasteiger partial charge on any atom is -0.476 e. The highest BCUT2D eigenvalue weighted by Crippen LogP contribution is 2.29. The average molecular weight is 291 g/mol. The summed E-state index contributed by atoms with van der Waals surface area (Å²) in [5.41, 5.74) is 6.54. The number of hydrogen-bond acceptors (Lipinski definition) is 4. The molecule has 0 amide bonds. The number of nitrogens with one attached hydrogen (secondary N) is 1. The van der Waals surface area contributed by atoms with Crippen LogP contribution in [0.2, 0.25) is 0 Å². The molecule has 1 saturated carbocycles. The minimum atomic E-state index is 0.465. The van der Waals surface area contributed by atoms with Gasteiger partial charge in [0.25, 0.3) is 0 Å². The van der Waals surface area contributed by atoms with Crippen LogP contribution in [-0.4, -0.2) is 17.6 Å². The number of pyridine rings is 1. The van der Waals surface area contributed by atoms with E-state index < -0.39 is 0 Å². The Kier molecular flexibility index (Phi) is 5.71. The van der Waals surface area contributed by atoms with Gasteiger partial charge in [-0.2, -0.15) is 4.98 Å². The van der Waals surface area contributed by atoms with Crippen LogP contribution in [0.25, 0.3) is 0 Å². The summed E-state index contributed by atoms with van der Waals surface area (Å²) in [6, 6.07) is 4.36. The van der Waals surface area contributed by atoms with Crippen LogP contribution in [0.1, 0.15) is 52.9 Å². The Bertz CT molecular complexity index is 440. The number of ether oxygens (including phenoxy) is 1. The first-order valence-electron chi connectivity index (χ1n) is 8.24. The van der Waals surface area contributed by atoms with Gasteiger partial charge in [0.05, 0.1) is 12.3 Å². The van der Waals surface area contributed by atoms with E-state index in [9.17, 15) is 0 Å². The molecule has 3 N–H and O–H groups in total. The quantitative estimate of drug-likeness (QED) is 0.829. The third-order valence-corrected chi connectivity index (χ3v) is 4.22. The van der Waals surface area contributed by atoms with E-state index >= 15 is 0 Å². The fourth-order valence-corrected chi connectivity index (χ4v) is 2.82. The Labute approximate surface area is 128 Å². The molecule has 0 saturated heterocycles. The molecule has 1 aliphatic carbocycles. The number of rotatable bonds is 6. The van der Waals surface area contributed by atoms with Crippen LogP contribution in [0, 0.1) is 11.8 Å². The first-order chi connectivity index (χ1) is 10.1. The second-order valence-corrected chi connectivity index (χ2v) is 6.57. The van der Waals surface area contributed by atoms with Crippen LogP contribution in [0.15, 0.2) is 12.1 Å². The van der Waals surface area contributed by atoms with Gasteiger partial charge in [-0.15, -0.1) is 0 Å². The van der Waals surface area contributed by atoms with Crippen LogP contribution in [0.5, 0.6) is 5.88 Å². The number of aromatic nitrogens is 1. The van der Waals surface area contributed by atoms with E-state index in [0.29, 0.717) is 30.1 Å². The van der Waals surface area contributed by atoms with E-state index in [1.54, 1.807) is 0 Å². The van der Waals surface area contributed by atoms with Crippen LogP contribution in [-0.2, 0) is 0 Å². The molecule has 2 rings (SSSR count). The molecule has 4 nitrogen and oxygen atoms in total. The van der Waals surface area contributed by atoms with Gasteiger partial charge < -0.3 is 15.8 Å². The van der Waals surface area contributed by atoms with Crippen molar-refractivity contribution in [1.29, 1.82) is 0 Å². The summed E-state index contributed by atoms with van der Waals surface area (Å²) in [6.07, 6.45) is 6.40. The van der Waals surface area contributed by atoms with Crippen LogP contribution >= 0.6 is 0 Å². The Balaban J connectivity index is 1.93. The summed E-state index contributed by atoms with van der Waals surface area (Å²) >= 11 is 0. The molecule has 1 aromatic heterocycles. The van der Waals surface area contributed by atoms with Gasteiger partial charge in [0.15, 0.2) is 0 Å². The normalized spacial score (nSPS) is 22.3. The molecule has 0 radical (unpaired) electrons. The number of nitrogen functional groups attached to an aromatic ring is 1. The summed E-state index contributed by atoms with van der Waals surface area (Å²) in [6.45, 7) is 7.16. The molecule has 1 heterocycles. The number of nitrogens with two attached hydrogens (primary N) is 1. The van der Waals surface area contributed by atoms with Crippen molar-refractivity contribution in [1.82, 2.24) is 4.98 Å². The molecule has 4 heteroatoms. The van der Waals surface area contributed by atoms with Gasteiger partial charge in [-0.25, -0.2) is 0 Å². The summed E-state index contributed by atoms with van der Waals surface area (Å²) in [4.78, 5) is 4.52. The molecular formula is C17H29N3O. The third-order valence-electron chi connectivity index (χ3n) is 4.22. The average Bonchev–Trinajstić information content (AvgIpc) is 2.48. The van der Waals surface area contributed by atoms with E-state index in [0.717, 1.165) is 11.7 Å². The maximum absolute atomic E-state index is 5.93. The topological polar surface area (TPSA) is 60.2 Å². The molecule has 0 atom stereocenters. The molecule has 0 spiro atoms. The van der Waals surface area contributed by atoms with Crippen LogP contribution in [0.3, 0.4) is 0 Å². The lowest BCUT2D eigenvalue weighted by Gasteiger charge is -2.28. The fourth-order valence-electron chi connectivity index (χ4n) is 2.82. The van der Waals surface area contributed by atoms with Crippen molar-refractivity contribution in [3.8, 4) is 5.88 Å². The van der Waals surface area contributed by atoms with E-state index in [4.69, 9.17) is 10.5 Å². The monoisotopic (exact) mass is 291 g/mol. The van der Waals surface area contributed by atoms with Crippen molar-refractivity contribution in [2.45, 2.75) is 58.9 Å². The lowest BCUT2D eigenvalue weighted by atomic mass is 9.84. The van der Waals surface area contributed by atoms with Gasteiger partial charge in [-0.3, -0.25) is 0 Å². The Morgan fingerprint density at radius 1 is 1.29 bits per heavy atom. The first-order valence-corrected chi connectivity index (χ1v) is 8.24. The molecule has 0 unspecified atom stereocenters. The van der Waals surface area contributed by atoms with Gasteiger partial charge in [0, 0.05) is 6.04 Å². The van der Waals surface area contributed by atoms with Crippen molar-refractivity contribution >= 4 is 11.5 Å². The van der Waals surface area contributed by atoms with Crippen molar-refractivity contribution < 1.29 is 4.74 Å². The Hall–Kier alpha value is -1.45. The molecule has 21 heavy (non-hydrogen) atoms. The number of nitrogens with zero attached hydrogens (tertiary/aromatic N) is 1. The lowest BCUT2D eigenvalue weighted by molar-refractivity contribution is 0.263.